The fourth-order valence-electron chi connectivity index (χ4n) is 4.41. The summed E-state index contributed by atoms with van der Waals surface area (Å²) in [5.74, 6) is -0.0582. The Hall–Kier alpha value is -3.12. The largest absolute Gasteiger partial charge is 0.483 e. The Morgan fingerprint density at radius 1 is 0.974 bits per heavy atom. The van der Waals surface area contributed by atoms with Crippen molar-refractivity contribution in [3.63, 3.8) is 0 Å². The maximum atomic E-state index is 13.2. The third-order valence-electron chi connectivity index (χ3n) is 6.47. The van der Waals surface area contributed by atoms with E-state index in [-0.39, 0.29) is 16.4 Å². The third kappa shape index (κ3) is 6.06. The van der Waals surface area contributed by atoms with Gasteiger partial charge < -0.3 is 10.1 Å². The normalized spacial score (nSPS) is 13.4. The zero-order chi connectivity index (χ0) is 28.4. The van der Waals surface area contributed by atoms with Crippen LogP contribution in [0.25, 0.3) is 0 Å². The van der Waals surface area contributed by atoms with E-state index in [1.165, 1.54) is 51.1 Å². The Kier molecular flexibility index (Phi) is 8.55. The van der Waals surface area contributed by atoms with Gasteiger partial charge >= 0.3 is 0 Å². The number of nitrogens with one attached hydrogen (secondary N) is 1. The Balaban J connectivity index is 1.44. The van der Waals surface area contributed by atoms with E-state index in [9.17, 15) is 21.6 Å². The van der Waals surface area contributed by atoms with Crippen LogP contribution >= 0.6 is 11.6 Å². The predicted molar refractivity (Wildman–Crippen MR) is 152 cm³/mol. The van der Waals surface area contributed by atoms with Crippen molar-refractivity contribution in [2.45, 2.75) is 37.0 Å². The van der Waals surface area contributed by atoms with Crippen molar-refractivity contribution in [2.75, 3.05) is 35.9 Å². The highest BCUT2D eigenvalue weighted by atomic mass is 35.5. The molecule has 0 radical (unpaired) electrons. The second kappa shape index (κ2) is 11.5. The molecule has 0 atom stereocenters. The minimum atomic E-state index is -3.80. The smallest absolute Gasteiger partial charge is 0.264 e. The molecule has 0 saturated carbocycles. The fourth-order valence-corrected chi connectivity index (χ4v) is 7.57. The van der Waals surface area contributed by atoms with Crippen LogP contribution in [0.2, 0.25) is 5.02 Å². The van der Waals surface area contributed by atoms with Crippen LogP contribution in [0.15, 0.2) is 70.5 Å². The van der Waals surface area contributed by atoms with E-state index in [1.807, 2.05) is 0 Å². The maximum Gasteiger partial charge on any atom is 0.264 e. The molecule has 0 spiro atoms. The first kappa shape index (κ1) is 28.9. The Morgan fingerprint density at radius 2 is 1.64 bits per heavy atom. The van der Waals surface area contributed by atoms with Gasteiger partial charge in [-0.05, 0) is 79.1 Å². The molecule has 12 heteroatoms. The van der Waals surface area contributed by atoms with Crippen molar-refractivity contribution in [3.05, 3.63) is 76.8 Å². The zero-order valence-corrected chi connectivity index (χ0v) is 24.2. The lowest BCUT2D eigenvalue weighted by atomic mass is 10.1. The van der Waals surface area contributed by atoms with Gasteiger partial charge in [0.1, 0.15) is 5.75 Å². The average Bonchev–Trinajstić information content (AvgIpc) is 3.33. The minimum Gasteiger partial charge on any atom is -0.483 e. The summed E-state index contributed by atoms with van der Waals surface area (Å²) in [5.41, 5.74) is 2.37. The second-order valence-corrected chi connectivity index (χ2v) is 13.2. The molecule has 1 N–H and O–H groups in total. The average molecular weight is 592 g/mol. The lowest BCUT2D eigenvalue weighted by Gasteiger charge is -2.20. The number of fused-ring (bicyclic) bond motifs is 1. The number of ether oxygens (including phenoxy) is 1. The summed E-state index contributed by atoms with van der Waals surface area (Å²) in [6.45, 7) is 5.98. The first-order valence-electron chi connectivity index (χ1n) is 12.4. The van der Waals surface area contributed by atoms with E-state index < -0.39 is 26.0 Å². The molecule has 4 rings (SSSR count). The number of carbonyl (C=O) groups is 1. The highest BCUT2D eigenvalue weighted by molar-refractivity contribution is 7.92. The number of hydrogen-bond acceptors (Lipinski definition) is 6. The first-order chi connectivity index (χ1) is 18.5. The molecular weight excluding hydrogens is 562 g/mol. The van der Waals surface area contributed by atoms with Crippen LogP contribution in [0, 0.1) is 6.92 Å². The molecule has 3 aromatic carbocycles. The standard InChI is InChI=1S/C27H30ClN3O6S2/c1-4-30(5-2)38(33,34)24-12-13-26(19(3)16-24)37-18-27(32)29-22-9-6-20-14-15-31(25(20)17-22)39(35,36)23-10-7-21(28)8-11-23/h6-13,16-17H,4-5,14-15,18H2,1-3H3,(H,29,32). The van der Waals surface area contributed by atoms with Gasteiger partial charge in [-0.2, -0.15) is 4.31 Å². The van der Waals surface area contributed by atoms with Crippen LogP contribution in [0.1, 0.15) is 25.0 Å². The van der Waals surface area contributed by atoms with Crippen LogP contribution in [0.5, 0.6) is 5.75 Å². The summed E-state index contributed by atoms with van der Waals surface area (Å²) in [6, 6.07) is 15.7. The van der Waals surface area contributed by atoms with Gasteiger partial charge in [-0.1, -0.05) is 31.5 Å². The second-order valence-electron chi connectivity index (χ2n) is 8.98. The van der Waals surface area contributed by atoms with Gasteiger partial charge in [-0.3, -0.25) is 9.10 Å². The van der Waals surface area contributed by atoms with Gasteiger partial charge in [-0.15, -0.1) is 0 Å². The molecule has 1 aliphatic rings. The van der Waals surface area contributed by atoms with Gasteiger partial charge in [-0.25, -0.2) is 16.8 Å². The molecule has 39 heavy (non-hydrogen) atoms. The third-order valence-corrected chi connectivity index (χ3v) is 10.6. The van der Waals surface area contributed by atoms with Gasteiger partial charge in [0.2, 0.25) is 10.0 Å². The monoisotopic (exact) mass is 591 g/mol. The number of amides is 1. The molecule has 1 heterocycles. The molecular formula is C27H30ClN3O6S2. The van der Waals surface area contributed by atoms with Gasteiger partial charge in [0.05, 0.1) is 15.5 Å². The molecule has 0 saturated heterocycles. The van der Waals surface area contributed by atoms with E-state index in [0.717, 1.165) is 5.56 Å². The summed E-state index contributed by atoms with van der Waals surface area (Å²) < 4.78 is 60.3. The summed E-state index contributed by atoms with van der Waals surface area (Å²) >= 11 is 5.91. The highest BCUT2D eigenvalue weighted by Crippen LogP contribution is 2.35. The summed E-state index contributed by atoms with van der Waals surface area (Å²) in [4.78, 5) is 12.9. The van der Waals surface area contributed by atoms with Crippen LogP contribution in [-0.2, 0) is 31.3 Å². The molecule has 208 valence electrons. The van der Waals surface area contributed by atoms with Crippen LogP contribution in [-0.4, -0.2) is 53.3 Å². The van der Waals surface area contributed by atoms with Crippen molar-refractivity contribution >= 4 is 48.9 Å². The van der Waals surface area contributed by atoms with Crippen LogP contribution < -0.4 is 14.4 Å². The number of hydrogen-bond donors (Lipinski definition) is 1. The number of anilines is 2. The van der Waals surface area contributed by atoms with E-state index in [2.05, 4.69) is 5.32 Å². The van der Waals surface area contributed by atoms with Crippen molar-refractivity contribution in [3.8, 4) is 5.75 Å². The van der Waals surface area contributed by atoms with E-state index in [0.29, 0.717) is 53.8 Å². The zero-order valence-electron chi connectivity index (χ0n) is 21.8. The molecule has 9 nitrogen and oxygen atoms in total. The quantitative estimate of drug-likeness (QED) is 0.373. The molecule has 0 unspecified atom stereocenters. The van der Waals surface area contributed by atoms with Gasteiger partial charge in [0.15, 0.2) is 6.61 Å². The lowest BCUT2D eigenvalue weighted by molar-refractivity contribution is -0.118. The number of halogens is 1. The topological polar surface area (TPSA) is 113 Å². The van der Waals surface area contributed by atoms with Crippen molar-refractivity contribution < 1.29 is 26.4 Å². The SMILES string of the molecule is CCN(CC)S(=O)(=O)c1ccc(OCC(=O)Nc2ccc3c(c2)N(S(=O)(=O)c2ccc(Cl)cc2)CC3)c(C)c1. The molecule has 0 fully saturated rings. The van der Waals surface area contributed by atoms with E-state index in [4.69, 9.17) is 16.3 Å². The number of rotatable bonds is 10. The molecule has 0 aliphatic carbocycles. The van der Waals surface area contributed by atoms with Gasteiger partial charge in [0, 0.05) is 30.3 Å². The van der Waals surface area contributed by atoms with Crippen LogP contribution in [0.4, 0.5) is 11.4 Å². The Bertz CT molecular complexity index is 1590. The fraction of sp³-hybridized carbons (Fsp3) is 0.296. The summed E-state index contributed by atoms with van der Waals surface area (Å²) in [5, 5.41) is 3.18. The Morgan fingerprint density at radius 3 is 2.28 bits per heavy atom. The summed E-state index contributed by atoms with van der Waals surface area (Å²) in [7, 11) is -7.40. The van der Waals surface area contributed by atoms with Gasteiger partial charge in [0.25, 0.3) is 15.9 Å². The number of nitrogens with zero attached hydrogens (tertiary/aromatic N) is 2. The lowest BCUT2D eigenvalue weighted by Crippen LogP contribution is -2.30. The van der Waals surface area contributed by atoms with Crippen molar-refractivity contribution in [1.82, 2.24) is 4.31 Å². The van der Waals surface area contributed by atoms with Crippen molar-refractivity contribution in [1.29, 1.82) is 0 Å². The Labute approximate surface area is 234 Å². The number of aryl methyl sites for hydroxylation is 1. The molecule has 1 amide bonds. The molecule has 1 aliphatic heterocycles. The number of sulfonamides is 2. The highest BCUT2D eigenvalue weighted by Gasteiger charge is 2.31. The first-order valence-corrected chi connectivity index (χ1v) is 15.7. The number of carbonyl (C=O) groups excluding carboxylic acids is 1. The van der Waals surface area contributed by atoms with Crippen LogP contribution in [0.3, 0.4) is 0 Å². The van der Waals surface area contributed by atoms with E-state index >= 15 is 0 Å². The molecule has 0 aromatic heterocycles. The summed E-state index contributed by atoms with van der Waals surface area (Å²) in [6.07, 6.45) is 0.554. The maximum absolute atomic E-state index is 13.2. The molecule has 0 bridgehead atoms. The van der Waals surface area contributed by atoms with E-state index in [1.54, 1.807) is 39.0 Å². The van der Waals surface area contributed by atoms with Crippen molar-refractivity contribution in [2.24, 2.45) is 0 Å². The minimum absolute atomic E-state index is 0.133. The predicted octanol–water partition coefficient (Wildman–Crippen LogP) is 4.45. The molecule has 3 aromatic rings. The number of benzene rings is 3.